The van der Waals surface area contributed by atoms with E-state index in [0.717, 1.165) is 41.8 Å². The van der Waals surface area contributed by atoms with E-state index >= 15 is 0 Å². The zero-order valence-corrected chi connectivity index (χ0v) is 20.8. The van der Waals surface area contributed by atoms with Crippen LogP contribution in [0.2, 0.25) is 0 Å². The molecule has 9 heteroatoms. The minimum Gasteiger partial charge on any atom is -0.497 e. The zero-order valence-electron chi connectivity index (χ0n) is 19.2. The molecule has 0 radical (unpaired) electrons. The number of hydrogen-bond donors (Lipinski definition) is 0. The Hall–Kier alpha value is -2.49. The van der Waals surface area contributed by atoms with Crippen LogP contribution in [0.15, 0.2) is 52.4 Å². The van der Waals surface area contributed by atoms with Crippen molar-refractivity contribution in [3.63, 3.8) is 0 Å². The van der Waals surface area contributed by atoms with Crippen LogP contribution in [0, 0.1) is 5.92 Å². The summed E-state index contributed by atoms with van der Waals surface area (Å²) in [5.74, 6) is 0.903. The third-order valence-corrected chi connectivity index (χ3v) is 8.99. The molecule has 4 rings (SSSR count). The van der Waals surface area contributed by atoms with Crippen LogP contribution in [-0.2, 0) is 16.6 Å². The Bertz CT molecular complexity index is 1320. The third kappa shape index (κ3) is 4.90. The summed E-state index contributed by atoms with van der Waals surface area (Å²) in [7, 11) is -1.92. The summed E-state index contributed by atoms with van der Waals surface area (Å²) in [6.45, 7) is 6.02. The van der Waals surface area contributed by atoms with E-state index in [4.69, 9.17) is 4.74 Å². The van der Waals surface area contributed by atoms with Crippen molar-refractivity contribution in [2.45, 2.75) is 44.6 Å². The molecule has 0 bridgehead atoms. The second kappa shape index (κ2) is 9.79. The number of benzene rings is 2. The monoisotopic (exact) mass is 487 g/mol. The van der Waals surface area contributed by atoms with E-state index in [1.54, 1.807) is 19.2 Å². The van der Waals surface area contributed by atoms with E-state index in [2.05, 4.69) is 18.8 Å². The van der Waals surface area contributed by atoms with Gasteiger partial charge < -0.3 is 9.30 Å². The summed E-state index contributed by atoms with van der Waals surface area (Å²) in [5, 5.41) is 0. The average molecular weight is 488 g/mol. The van der Waals surface area contributed by atoms with Gasteiger partial charge in [-0.3, -0.25) is 4.79 Å². The predicted octanol–water partition coefficient (Wildman–Crippen LogP) is 4.28. The average Bonchev–Trinajstić information content (AvgIpc) is 3.15. The number of rotatable bonds is 6. The lowest BCUT2D eigenvalue weighted by molar-refractivity contribution is 0.0997. The van der Waals surface area contributed by atoms with Crippen LogP contribution in [0.1, 0.15) is 43.5 Å². The summed E-state index contributed by atoms with van der Waals surface area (Å²) in [6, 6.07) is 11.9. The maximum Gasteiger partial charge on any atom is 0.279 e. The summed E-state index contributed by atoms with van der Waals surface area (Å²) < 4.78 is 35.8. The number of ether oxygens (including phenoxy) is 1. The normalized spacial score (nSPS) is 16.4. The summed E-state index contributed by atoms with van der Waals surface area (Å²) in [5.41, 5.74) is 1.34. The van der Waals surface area contributed by atoms with Crippen LogP contribution >= 0.6 is 11.3 Å². The Morgan fingerprint density at radius 2 is 1.85 bits per heavy atom. The van der Waals surface area contributed by atoms with Crippen LogP contribution in [0.5, 0.6) is 5.75 Å². The number of hydrogen-bond acceptors (Lipinski definition) is 5. The molecular weight excluding hydrogens is 458 g/mol. The predicted molar refractivity (Wildman–Crippen MR) is 130 cm³/mol. The van der Waals surface area contributed by atoms with Crippen molar-refractivity contribution in [2.75, 3.05) is 20.2 Å². The third-order valence-electron chi connectivity index (χ3n) is 6.02. The smallest absolute Gasteiger partial charge is 0.279 e. The van der Waals surface area contributed by atoms with Crippen molar-refractivity contribution in [2.24, 2.45) is 10.9 Å². The first kappa shape index (κ1) is 23.7. The van der Waals surface area contributed by atoms with Gasteiger partial charge in [0.2, 0.25) is 10.0 Å². The topological polar surface area (TPSA) is 81.0 Å². The molecule has 1 saturated heterocycles. The summed E-state index contributed by atoms with van der Waals surface area (Å²) in [6.07, 6.45) is 2.63. The number of carbonyl (C=O) groups is 1. The number of sulfonamides is 1. The molecule has 2 aromatic carbocycles. The minimum atomic E-state index is -3.55. The first-order valence-corrected chi connectivity index (χ1v) is 13.5. The largest absolute Gasteiger partial charge is 0.497 e. The number of aromatic nitrogens is 1. The molecule has 33 heavy (non-hydrogen) atoms. The Morgan fingerprint density at radius 3 is 2.48 bits per heavy atom. The summed E-state index contributed by atoms with van der Waals surface area (Å²) in [4.78, 5) is 18.1. The lowest BCUT2D eigenvalue weighted by atomic mass is 10.0. The Labute approximate surface area is 198 Å². The number of nitrogens with zero attached hydrogens (tertiary/aromatic N) is 3. The highest BCUT2D eigenvalue weighted by atomic mass is 32.2. The van der Waals surface area contributed by atoms with Gasteiger partial charge in [-0.25, -0.2) is 8.42 Å². The highest BCUT2D eigenvalue weighted by molar-refractivity contribution is 7.89. The molecular formula is C24H29N3O4S2. The van der Waals surface area contributed by atoms with Gasteiger partial charge in [0.05, 0.1) is 22.2 Å². The second-order valence-electron chi connectivity index (χ2n) is 8.40. The molecule has 1 fully saturated rings. The maximum atomic E-state index is 12.9. The molecule has 3 aromatic rings. The number of amides is 1. The fourth-order valence-electron chi connectivity index (χ4n) is 4.00. The van der Waals surface area contributed by atoms with Gasteiger partial charge in [-0.2, -0.15) is 9.30 Å². The zero-order chi connectivity index (χ0) is 23.6. The fourth-order valence-corrected chi connectivity index (χ4v) is 6.50. The van der Waals surface area contributed by atoms with Crippen LogP contribution in [0.3, 0.4) is 0 Å². The van der Waals surface area contributed by atoms with Crippen LogP contribution in [0.4, 0.5) is 0 Å². The van der Waals surface area contributed by atoms with E-state index in [9.17, 15) is 13.2 Å². The van der Waals surface area contributed by atoms with Gasteiger partial charge in [-0.15, -0.1) is 0 Å². The SMILES string of the molecule is CCCn1c(=NC(=O)c2ccc(S(=O)(=O)N3CCC(C)CC3)cc2)sc2ccc(OC)cc21. The van der Waals surface area contributed by atoms with Crippen LogP contribution < -0.4 is 9.54 Å². The van der Waals surface area contributed by atoms with Crippen molar-refractivity contribution >= 4 is 37.5 Å². The van der Waals surface area contributed by atoms with E-state index in [1.807, 2.05) is 22.8 Å². The second-order valence-corrected chi connectivity index (χ2v) is 11.3. The highest BCUT2D eigenvalue weighted by Gasteiger charge is 2.28. The number of carbonyl (C=O) groups excluding carboxylic acids is 1. The first-order valence-electron chi connectivity index (χ1n) is 11.2. The number of aryl methyl sites for hydroxylation is 1. The molecule has 2 heterocycles. The van der Waals surface area contributed by atoms with E-state index in [0.29, 0.717) is 29.4 Å². The molecule has 7 nitrogen and oxygen atoms in total. The minimum absolute atomic E-state index is 0.212. The number of piperidine rings is 1. The van der Waals surface area contributed by atoms with E-state index < -0.39 is 15.9 Å². The van der Waals surface area contributed by atoms with Crippen molar-refractivity contribution in [3.05, 3.63) is 52.8 Å². The molecule has 176 valence electrons. The molecule has 0 saturated carbocycles. The highest BCUT2D eigenvalue weighted by Crippen LogP contribution is 2.25. The van der Waals surface area contributed by atoms with Gasteiger partial charge in [-0.1, -0.05) is 25.2 Å². The molecule has 1 aliphatic rings. The maximum absolute atomic E-state index is 12.9. The Kier molecular flexibility index (Phi) is 7.02. The van der Waals surface area contributed by atoms with Gasteiger partial charge in [0.15, 0.2) is 4.80 Å². The molecule has 0 spiro atoms. The number of thiazole rings is 1. The number of methoxy groups -OCH3 is 1. The van der Waals surface area contributed by atoms with Crippen LogP contribution in [0.25, 0.3) is 10.2 Å². The molecule has 0 atom stereocenters. The lowest BCUT2D eigenvalue weighted by Gasteiger charge is -2.29. The Morgan fingerprint density at radius 1 is 1.15 bits per heavy atom. The van der Waals surface area contributed by atoms with Crippen molar-refractivity contribution in [1.82, 2.24) is 8.87 Å². The first-order chi connectivity index (χ1) is 15.8. The van der Waals surface area contributed by atoms with Crippen LogP contribution in [-0.4, -0.2) is 43.4 Å². The van der Waals surface area contributed by atoms with Crippen molar-refractivity contribution < 1.29 is 17.9 Å². The molecule has 1 aromatic heterocycles. The van der Waals surface area contributed by atoms with E-state index in [1.165, 1.54) is 27.8 Å². The standard InChI is InChI=1S/C24H29N3O4S2/c1-4-13-27-21-16-19(31-3)7-10-22(21)32-24(27)25-23(28)18-5-8-20(9-6-18)33(29,30)26-14-11-17(2)12-15-26/h5-10,16-17H,4,11-15H2,1-3H3. The number of fused-ring (bicyclic) bond motifs is 1. The molecule has 0 aliphatic carbocycles. The van der Waals surface area contributed by atoms with Gasteiger partial charge in [-0.05, 0) is 61.6 Å². The van der Waals surface area contributed by atoms with Gasteiger partial charge >= 0.3 is 0 Å². The van der Waals surface area contributed by atoms with Gasteiger partial charge in [0, 0.05) is 31.3 Å². The van der Waals surface area contributed by atoms with Crippen molar-refractivity contribution in [3.8, 4) is 5.75 Å². The molecule has 0 unspecified atom stereocenters. The van der Waals surface area contributed by atoms with Crippen molar-refractivity contribution in [1.29, 1.82) is 0 Å². The van der Waals surface area contributed by atoms with E-state index in [-0.39, 0.29) is 4.90 Å². The van der Waals surface area contributed by atoms with Gasteiger partial charge in [0.25, 0.3) is 5.91 Å². The molecule has 1 amide bonds. The summed E-state index contributed by atoms with van der Waals surface area (Å²) >= 11 is 1.45. The van der Waals surface area contributed by atoms with Gasteiger partial charge in [0.1, 0.15) is 5.75 Å². The molecule has 0 N–H and O–H groups in total. The Balaban J connectivity index is 1.62. The fraction of sp³-hybridized carbons (Fsp3) is 0.417. The lowest BCUT2D eigenvalue weighted by Crippen LogP contribution is -2.37. The quantitative estimate of drug-likeness (QED) is 0.520. The molecule has 1 aliphatic heterocycles.